The topological polar surface area (TPSA) is 75.6 Å². The number of aromatic nitrogens is 1. The van der Waals surface area contributed by atoms with Gasteiger partial charge in [-0.2, -0.15) is 0 Å². The molecule has 0 unspecified atom stereocenters. The summed E-state index contributed by atoms with van der Waals surface area (Å²) in [7, 11) is 0. The molecular weight excluding hydrogens is 460 g/mol. The monoisotopic (exact) mass is 496 g/mol. The Balaban J connectivity index is 1.46. The van der Waals surface area contributed by atoms with Crippen molar-refractivity contribution in [2.75, 3.05) is 18.4 Å². The van der Waals surface area contributed by atoms with E-state index in [1.165, 1.54) is 11.1 Å². The Morgan fingerprint density at radius 2 is 1.65 bits per heavy atom. The van der Waals surface area contributed by atoms with Crippen molar-refractivity contribution in [1.82, 2.24) is 10.3 Å². The molecule has 0 aliphatic carbocycles. The first-order chi connectivity index (χ1) is 17.5. The third-order valence-corrected chi connectivity index (χ3v) is 6.10. The molecule has 0 atom stereocenters. The average Bonchev–Trinajstić information content (AvgIpc) is 3.37. The van der Waals surface area contributed by atoms with Crippen LogP contribution in [0.1, 0.15) is 63.9 Å². The number of anilines is 1. The first-order valence-corrected chi connectivity index (χ1v) is 12.7. The summed E-state index contributed by atoms with van der Waals surface area (Å²) in [6, 6.07) is 17.7. The zero-order valence-corrected chi connectivity index (χ0v) is 22.6. The molecule has 0 spiro atoms. The van der Waals surface area contributed by atoms with E-state index in [0.717, 1.165) is 35.9 Å². The van der Waals surface area contributed by atoms with Crippen molar-refractivity contribution < 1.29 is 9.53 Å². The lowest BCUT2D eigenvalue weighted by molar-refractivity contribution is -0.111. The van der Waals surface area contributed by atoms with Crippen molar-refractivity contribution in [2.24, 2.45) is 4.99 Å². The van der Waals surface area contributed by atoms with Gasteiger partial charge in [0.1, 0.15) is 23.0 Å². The number of rotatable bonds is 6. The molecule has 0 saturated carbocycles. The van der Waals surface area contributed by atoms with Gasteiger partial charge in [-0.05, 0) is 63.9 Å². The van der Waals surface area contributed by atoms with Crippen LogP contribution in [0.25, 0.3) is 6.08 Å². The van der Waals surface area contributed by atoms with E-state index in [0.29, 0.717) is 11.5 Å². The molecule has 0 bridgehead atoms. The van der Waals surface area contributed by atoms with Crippen molar-refractivity contribution in [2.45, 2.75) is 52.4 Å². The first kappa shape index (κ1) is 26.1. The summed E-state index contributed by atoms with van der Waals surface area (Å²) in [5.74, 6) is 1.96. The highest BCUT2D eigenvalue weighted by molar-refractivity contribution is 6.02. The lowest BCUT2D eigenvalue weighted by Crippen LogP contribution is -2.20. The van der Waals surface area contributed by atoms with Crippen LogP contribution in [0.5, 0.6) is 11.5 Å². The maximum Gasteiger partial charge on any atom is 0.248 e. The van der Waals surface area contributed by atoms with Gasteiger partial charge < -0.3 is 15.4 Å². The van der Waals surface area contributed by atoms with Crippen molar-refractivity contribution in [3.05, 3.63) is 89.3 Å². The second-order valence-corrected chi connectivity index (χ2v) is 11.3. The second-order valence-electron chi connectivity index (χ2n) is 11.3. The molecule has 2 aromatic carbocycles. The van der Waals surface area contributed by atoms with Crippen LogP contribution in [0.4, 0.5) is 5.69 Å². The SMILES string of the molecule is CC(C)(C)c1cc(NC(=O)/C=C/c2cccc(Oc3ccnc(C4=NCCN4)c3)c2)cc(C(C)(C)C)c1. The molecule has 1 amide bonds. The predicted octanol–water partition coefficient (Wildman–Crippen LogP) is 6.47. The molecule has 2 heterocycles. The maximum absolute atomic E-state index is 12.8. The van der Waals surface area contributed by atoms with E-state index in [4.69, 9.17) is 4.74 Å². The molecule has 3 aromatic rings. The quantitative estimate of drug-likeness (QED) is 0.384. The molecule has 0 saturated heterocycles. The molecule has 1 aliphatic rings. The molecule has 4 rings (SSSR count). The van der Waals surface area contributed by atoms with Gasteiger partial charge in [-0.3, -0.25) is 14.8 Å². The van der Waals surface area contributed by atoms with E-state index in [9.17, 15) is 4.79 Å². The Hall–Kier alpha value is -3.93. The molecular formula is C31H36N4O2. The Bertz CT molecular complexity index is 1310. The van der Waals surface area contributed by atoms with E-state index in [-0.39, 0.29) is 16.7 Å². The Morgan fingerprint density at radius 3 is 2.30 bits per heavy atom. The number of aliphatic imine (C=N–C) groups is 1. The van der Waals surface area contributed by atoms with Gasteiger partial charge in [0.05, 0.1) is 6.54 Å². The van der Waals surface area contributed by atoms with Crippen LogP contribution in [0.15, 0.2) is 71.9 Å². The predicted molar refractivity (Wildman–Crippen MR) is 152 cm³/mol. The molecule has 0 fully saturated rings. The van der Waals surface area contributed by atoms with Crippen molar-refractivity contribution in [1.29, 1.82) is 0 Å². The van der Waals surface area contributed by atoms with Crippen molar-refractivity contribution in [3.63, 3.8) is 0 Å². The molecule has 0 radical (unpaired) electrons. The minimum absolute atomic E-state index is 0.0202. The normalized spacial score (nSPS) is 13.8. The van der Waals surface area contributed by atoms with E-state index in [1.807, 2.05) is 36.4 Å². The fourth-order valence-corrected chi connectivity index (χ4v) is 3.91. The molecule has 1 aromatic heterocycles. The fourth-order valence-electron chi connectivity index (χ4n) is 3.91. The molecule has 6 heteroatoms. The van der Waals surface area contributed by atoms with Gasteiger partial charge in [-0.15, -0.1) is 0 Å². The van der Waals surface area contributed by atoms with Gasteiger partial charge in [0.2, 0.25) is 5.91 Å². The summed E-state index contributed by atoms with van der Waals surface area (Å²) in [5.41, 5.74) is 4.77. The van der Waals surface area contributed by atoms with Gasteiger partial charge in [-0.25, -0.2) is 0 Å². The molecule has 37 heavy (non-hydrogen) atoms. The minimum Gasteiger partial charge on any atom is -0.457 e. The van der Waals surface area contributed by atoms with E-state index < -0.39 is 0 Å². The molecule has 2 N–H and O–H groups in total. The van der Waals surface area contributed by atoms with Crippen LogP contribution in [0.2, 0.25) is 0 Å². The zero-order valence-electron chi connectivity index (χ0n) is 22.6. The number of amides is 1. The first-order valence-electron chi connectivity index (χ1n) is 12.7. The summed E-state index contributed by atoms with van der Waals surface area (Å²) < 4.78 is 6.05. The van der Waals surface area contributed by atoms with Gasteiger partial charge in [-0.1, -0.05) is 59.7 Å². The fraction of sp³-hybridized carbons (Fsp3) is 0.323. The number of benzene rings is 2. The lowest BCUT2D eigenvalue weighted by Gasteiger charge is -2.26. The maximum atomic E-state index is 12.8. The number of nitrogens with one attached hydrogen (secondary N) is 2. The number of carbonyl (C=O) groups is 1. The van der Waals surface area contributed by atoms with Crippen LogP contribution in [-0.4, -0.2) is 29.8 Å². The number of hydrogen-bond acceptors (Lipinski definition) is 5. The largest absolute Gasteiger partial charge is 0.457 e. The van der Waals surface area contributed by atoms with Gasteiger partial charge in [0, 0.05) is 30.6 Å². The number of hydrogen-bond donors (Lipinski definition) is 2. The summed E-state index contributed by atoms with van der Waals surface area (Å²) in [5, 5.41) is 6.27. The van der Waals surface area contributed by atoms with E-state index in [2.05, 4.69) is 80.4 Å². The average molecular weight is 497 g/mol. The van der Waals surface area contributed by atoms with Crippen molar-refractivity contribution >= 4 is 23.5 Å². The zero-order chi connectivity index (χ0) is 26.6. The third-order valence-electron chi connectivity index (χ3n) is 6.10. The summed E-state index contributed by atoms with van der Waals surface area (Å²) in [6.45, 7) is 14.7. The Kier molecular flexibility index (Phi) is 7.48. The Morgan fingerprint density at radius 1 is 0.946 bits per heavy atom. The number of pyridine rings is 1. The number of carbonyl (C=O) groups excluding carboxylic acids is 1. The smallest absolute Gasteiger partial charge is 0.248 e. The standard InChI is InChI=1S/C31H36N4O2/c1-30(2,3)22-17-23(31(4,5)6)19-24(18-22)35-28(36)11-10-21-8-7-9-25(16-21)37-26-12-13-32-27(20-26)29-33-14-15-34-29/h7-13,16-20H,14-15H2,1-6H3,(H,33,34)(H,35,36)/b11-10+. The highest BCUT2D eigenvalue weighted by Crippen LogP contribution is 2.32. The number of ether oxygens (including phenoxy) is 1. The number of nitrogens with zero attached hydrogens (tertiary/aromatic N) is 2. The summed E-state index contributed by atoms with van der Waals surface area (Å²) in [6.07, 6.45) is 5.05. The lowest BCUT2D eigenvalue weighted by atomic mass is 9.80. The highest BCUT2D eigenvalue weighted by Gasteiger charge is 2.21. The van der Waals surface area contributed by atoms with Gasteiger partial charge in [0.15, 0.2) is 0 Å². The van der Waals surface area contributed by atoms with Crippen LogP contribution < -0.4 is 15.4 Å². The van der Waals surface area contributed by atoms with Gasteiger partial charge in [0.25, 0.3) is 0 Å². The van der Waals surface area contributed by atoms with Gasteiger partial charge >= 0.3 is 0 Å². The summed E-state index contributed by atoms with van der Waals surface area (Å²) >= 11 is 0. The van der Waals surface area contributed by atoms with E-state index >= 15 is 0 Å². The summed E-state index contributed by atoms with van der Waals surface area (Å²) in [4.78, 5) is 21.6. The Labute approximate surface area is 219 Å². The molecule has 1 aliphatic heterocycles. The van der Waals surface area contributed by atoms with Crippen molar-refractivity contribution in [3.8, 4) is 11.5 Å². The molecule has 6 nitrogen and oxygen atoms in total. The third kappa shape index (κ3) is 7.06. The second kappa shape index (κ2) is 10.6. The number of amidine groups is 1. The highest BCUT2D eigenvalue weighted by atomic mass is 16.5. The van der Waals surface area contributed by atoms with Crippen LogP contribution >= 0.6 is 0 Å². The minimum atomic E-state index is -0.180. The van der Waals surface area contributed by atoms with Crippen LogP contribution in [0, 0.1) is 0 Å². The molecule has 192 valence electrons. The van der Waals surface area contributed by atoms with E-state index in [1.54, 1.807) is 18.3 Å². The van der Waals surface area contributed by atoms with Crippen LogP contribution in [-0.2, 0) is 15.6 Å². The van der Waals surface area contributed by atoms with Crippen LogP contribution in [0.3, 0.4) is 0 Å².